The molecule has 0 atom stereocenters. The molecular formula is C19H20N2O3. The lowest BCUT2D eigenvalue weighted by molar-refractivity contribution is -0.115. The molecule has 1 heterocycles. The maximum Gasteiger partial charge on any atom is 0.228 e. The van der Waals surface area contributed by atoms with Gasteiger partial charge in [0.15, 0.2) is 11.5 Å². The minimum absolute atomic E-state index is 0.0418. The third-order valence-corrected chi connectivity index (χ3v) is 3.45. The zero-order chi connectivity index (χ0) is 17.1. The molecule has 24 heavy (non-hydrogen) atoms. The van der Waals surface area contributed by atoms with Crippen LogP contribution in [0.1, 0.15) is 25.3 Å². The Hall–Kier alpha value is -2.82. The predicted octanol–water partition coefficient (Wildman–Crippen LogP) is 4.10. The summed E-state index contributed by atoms with van der Waals surface area (Å²) in [6, 6.07) is 13.0. The summed E-state index contributed by atoms with van der Waals surface area (Å²) < 4.78 is 11.2. The van der Waals surface area contributed by atoms with Gasteiger partial charge in [-0.1, -0.05) is 18.2 Å². The fourth-order valence-electron chi connectivity index (χ4n) is 2.50. The van der Waals surface area contributed by atoms with Gasteiger partial charge in [0.05, 0.1) is 18.2 Å². The van der Waals surface area contributed by atoms with E-state index in [1.807, 2.05) is 56.3 Å². The Labute approximate surface area is 140 Å². The SMILES string of the molecule is Cc1nc2ccc(CC(=O)Nc3ccccc3OC(C)C)cc2o1. The van der Waals surface area contributed by atoms with Crippen LogP contribution in [0.25, 0.3) is 11.1 Å². The molecule has 124 valence electrons. The lowest BCUT2D eigenvalue weighted by Crippen LogP contribution is -2.16. The van der Waals surface area contributed by atoms with E-state index in [4.69, 9.17) is 9.15 Å². The van der Waals surface area contributed by atoms with Crippen LogP contribution in [0.2, 0.25) is 0 Å². The summed E-state index contributed by atoms with van der Waals surface area (Å²) >= 11 is 0. The van der Waals surface area contributed by atoms with Crippen LogP contribution < -0.4 is 10.1 Å². The number of oxazole rings is 1. The minimum Gasteiger partial charge on any atom is -0.489 e. The smallest absolute Gasteiger partial charge is 0.228 e. The zero-order valence-corrected chi connectivity index (χ0v) is 14.0. The molecule has 0 fully saturated rings. The van der Waals surface area contributed by atoms with Gasteiger partial charge in [-0.25, -0.2) is 4.98 Å². The first-order valence-corrected chi connectivity index (χ1v) is 7.93. The number of carbonyl (C=O) groups is 1. The largest absolute Gasteiger partial charge is 0.489 e. The van der Waals surface area contributed by atoms with Gasteiger partial charge < -0.3 is 14.5 Å². The molecule has 3 rings (SSSR count). The van der Waals surface area contributed by atoms with Crippen LogP contribution in [0.5, 0.6) is 5.75 Å². The summed E-state index contributed by atoms with van der Waals surface area (Å²) in [4.78, 5) is 16.6. The van der Waals surface area contributed by atoms with Crippen molar-refractivity contribution < 1.29 is 13.9 Å². The number of hydrogen-bond acceptors (Lipinski definition) is 4. The van der Waals surface area contributed by atoms with E-state index in [2.05, 4.69) is 10.3 Å². The highest BCUT2D eigenvalue weighted by molar-refractivity contribution is 5.94. The highest BCUT2D eigenvalue weighted by Crippen LogP contribution is 2.25. The first kappa shape index (κ1) is 16.1. The van der Waals surface area contributed by atoms with E-state index in [9.17, 15) is 4.79 Å². The number of hydrogen-bond donors (Lipinski definition) is 1. The van der Waals surface area contributed by atoms with E-state index in [1.165, 1.54) is 0 Å². The number of rotatable bonds is 5. The number of fused-ring (bicyclic) bond motifs is 1. The number of aromatic nitrogens is 1. The molecule has 0 aliphatic carbocycles. The van der Waals surface area contributed by atoms with Crippen LogP contribution in [-0.2, 0) is 11.2 Å². The Bertz CT molecular complexity index is 868. The van der Waals surface area contributed by atoms with Crippen molar-refractivity contribution in [1.29, 1.82) is 0 Å². The second-order valence-electron chi connectivity index (χ2n) is 5.92. The van der Waals surface area contributed by atoms with E-state index >= 15 is 0 Å². The van der Waals surface area contributed by atoms with Gasteiger partial charge in [-0.2, -0.15) is 0 Å². The highest BCUT2D eigenvalue weighted by atomic mass is 16.5. The van der Waals surface area contributed by atoms with Gasteiger partial charge in [0, 0.05) is 6.92 Å². The second kappa shape index (κ2) is 6.74. The van der Waals surface area contributed by atoms with Crippen molar-refractivity contribution in [3.63, 3.8) is 0 Å². The van der Waals surface area contributed by atoms with Crippen molar-refractivity contribution in [2.75, 3.05) is 5.32 Å². The topological polar surface area (TPSA) is 64.4 Å². The lowest BCUT2D eigenvalue weighted by atomic mass is 10.1. The molecule has 2 aromatic carbocycles. The summed E-state index contributed by atoms with van der Waals surface area (Å²) in [7, 11) is 0. The predicted molar refractivity (Wildman–Crippen MR) is 93.3 cm³/mol. The molecule has 0 aliphatic rings. The standard InChI is InChI=1S/C19H20N2O3/c1-12(2)23-17-7-5-4-6-15(17)21-19(22)11-14-8-9-16-18(10-14)24-13(3)20-16/h4-10,12H,11H2,1-3H3,(H,21,22). The summed E-state index contributed by atoms with van der Waals surface area (Å²) in [5.74, 6) is 1.18. The molecule has 0 aliphatic heterocycles. The summed E-state index contributed by atoms with van der Waals surface area (Å²) in [6.45, 7) is 5.71. The van der Waals surface area contributed by atoms with Gasteiger partial charge in [-0.3, -0.25) is 4.79 Å². The van der Waals surface area contributed by atoms with Crippen molar-refractivity contribution in [2.24, 2.45) is 0 Å². The summed E-state index contributed by atoms with van der Waals surface area (Å²) in [6.07, 6.45) is 0.297. The van der Waals surface area contributed by atoms with E-state index in [0.717, 1.165) is 11.1 Å². The molecule has 0 unspecified atom stereocenters. The maximum atomic E-state index is 12.3. The van der Waals surface area contributed by atoms with Crippen molar-refractivity contribution in [2.45, 2.75) is 33.3 Å². The first-order chi connectivity index (χ1) is 11.5. The monoisotopic (exact) mass is 324 g/mol. The number of para-hydroxylation sites is 2. The molecule has 1 aromatic heterocycles. The fraction of sp³-hybridized carbons (Fsp3) is 0.263. The van der Waals surface area contributed by atoms with E-state index in [-0.39, 0.29) is 18.4 Å². The molecule has 3 aromatic rings. The van der Waals surface area contributed by atoms with Crippen LogP contribution in [0.15, 0.2) is 46.9 Å². The Morgan fingerprint density at radius 1 is 1.25 bits per heavy atom. The Morgan fingerprint density at radius 2 is 2.04 bits per heavy atom. The van der Waals surface area contributed by atoms with Crippen LogP contribution >= 0.6 is 0 Å². The van der Waals surface area contributed by atoms with Crippen LogP contribution in [0.4, 0.5) is 5.69 Å². The number of amides is 1. The van der Waals surface area contributed by atoms with Gasteiger partial charge in [-0.05, 0) is 43.7 Å². The minimum atomic E-state index is -0.106. The van der Waals surface area contributed by atoms with Gasteiger partial charge in [0.2, 0.25) is 5.91 Å². The molecule has 1 N–H and O–H groups in total. The zero-order valence-electron chi connectivity index (χ0n) is 14.0. The van der Waals surface area contributed by atoms with Crippen LogP contribution in [-0.4, -0.2) is 17.0 Å². The third kappa shape index (κ3) is 3.74. The quantitative estimate of drug-likeness (QED) is 0.767. The van der Waals surface area contributed by atoms with Crippen LogP contribution in [0.3, 0.4) is 0 Å². The van der Waals surface area contributed by atoms with Crippen molar-refractivity contribution in [3.05, 3.63) is 53.9 Å². The molecular weight excluding hydrogens is 304 g/mol. The maximum absolute atomic E-state index is 12.3. The Kier molecular flexibility index (Phi) is 4.51. The van der Waals surface area contributed by atoms with Gasteiger partial charge in [-0.15, -0.1) is 0 Å². The van der Waals surface area contributed by atoms with Gasteiger partial charge in [0.1, 0.15) is 11.3 Å². The third-order valence-electron chi connectivity index (χ3n) is 3.45. The molecule has 0 saturated carbocycles. The Morgan fingerprint density at radius 3 is 2.83 bits per heavy atom. The molecule has 5 heteroatoms. The Balaban J connectivity index is 1.73. The highest BCUT2D eigenvalue weighted by Gasteiger charge is 2.11. The van der Waals surface area contributed by atoms with Crippen molar-refractivity contribution in [3.8, 4) is 5.75 Å². The van der Waals surface area contributed by atoms with Gasteiger partial charge >= 0.3 is 0 Å². The molecule has 5 nitrogen and oxygen atoms in total. The molecule has 0 saturated heterocycles. The summed E-state index contributed by atoms with van der Waals surface area (Å²) in [5, 5.41) is 2.91. The van der Waals surface area contributed by atoms with Crippen LogP contribution in [0, 0.1) is 6.92 Å². The number of nitrogens with one attached hydrogen (secondary N) is 1. The average molecular weight is 324 g/mol. The normalized spacial score (nSPS) is 11.0. The van der Waals surface area contributed by atoms with Gasteiger partial charge in [0.25, 0.3) is 0 Å². The number of ether oxygens (including phenoxy) is 1. The second-order valence-corrected chi connectivity index (χ2v) is 5.92. The average Bonchev–Trinajstić information content (AvgIpc) is 2.88. The molecule has 1 amide bonds. The van der Waals surface area contributed by atoms with Crippen molar-refractivity contribution >= 4 is 22.7 Å². The van der Waals surface area contributed by atoms with E-state index in [1.54, 1.807) is 6.92 Å². The fourth-order valence-corrected chi connectivity index (χ4v) is 2.50. The number of anilines is 1. The number of benzene rings is 2. The number of nitrogens with zero attached hydrogens (tertiary/aromatic N) is 1. The van der Waals surface area contributed by atoms with E-state index < -0.39 is 0 Å². The summed E-state index contributed by atoms with van der Waals surface area (Å²) in [5.41, 5.74) is 3.04. The number of aryl methyl sites for hydroxylation is 1. The molecule has 0 bridgehead atoms. The van der Waals surface area contributed by atoms with E-state index in [0.29, 0.717) is 22.9 Å². The first-order valence-electron chi connectivity index (χ1n) is 7.93. The molecule has 0 radical (unpaired) electrons. The van der Waals surface area contributed by atoms with Crippen molar-refractivity contribution in [1.82, 2.24) is 4.98 Å². The lowest BCUT2D eigenvalue weighted by Gasteiger charge is -2.14. The number of carbonyl (C=O) groups excluding carboxylic acids is 1. The molecule has 0 spiro atoms.